The van der Waals surface area contributed by atoms with Gasteiger partial charge < -0.3 is 24.1 Å². The Morgan fingerprint density at radius 1 is 1.33 bits per heavy atom. The van der Waals surface area contributed by atoms with Crippen LogP contribution >= 0.6 is 0 Å². The van der Waals surface area contributed by atoms with Crippen LogP contribution in [-0.2, 0) is 28.5 Å². The molecule has 164 valence electrons. The van der Waals surface area contributed by atoms with Crippen molar-refractivity contribution in [1.29, 1.82) is 0 Å². The average Bonchev–Trinajstić information content (AvgIpc) is 2.99. The predicted molar refractivity (Wildman–Crippen MR) is 105 cm³/mol. The number of fused-ring (bicyclic) bond motifs is 1. The third kappa shape index (κ3) is 2.43. The zero-order valence-corrected chi connectivity index (χ0v) is 17.9. The number of carbonyl (C=O) groups excluding carboxylic acids is 2. The van der Waals surface area contributed by atoms with Gasteiger partial charge in [-0.05, 0) is 36.2 Å². The van der Waals surface area contributed by atoms with Gasteiger partial charge in [0, 0.05) is 29.7 Å². The summed E-state index contributed by atoms with van der Waals surface area (Å²) >= 11 is 0. The maximum absolute atomic E-state index is 12.8. The van der Waals surface area contributed by atoms with Crippen LogP contribution in [0.2, 0.25) is 0 Å². The van der Waals surface area contributed by atoms with E-state index in [1.54, 1.807) is 0 Å². The zero-order valence-electron chi connectivity index (χ0n) is 17.9. The molecule has 1 saturated carbocycles. The van der Waals surface area contributed by atoms with E-state index in [-0.39, 0.29) is 23.5 Å². The van der Waals surface area contributed by atoms with Gasteiger partial charge in [-0.2, -0.15) is 0 Å². The molecule has 7 heteroatoms. The van der Waals surface area contributed by atoms with E-state index in [9.17, 15) is 14.7 Å². The fourth-order valence-corrected chi connectivity index (χ4v) is 7.63. The highest BCUT2D eigenvalue weighted by molar-refractivity contribution is 5.90. The number of hydrogen-bond donors (Lipinski definition) is 1. The maximum atomic E-state index is 12.8. The molecule has 0 amide bonds. The molecule has 10 atom stereocenters. The van der Waals surface area contributed by atoms with Gasteiger partial charge in [0.15, 0.2) is 12.4 Å². The molecule has 0 aromatic rings. The van der Waals surface area contributed by atoms with E-state index < -0.39 is 35.7 Å². The predicted octanol–water partition coefficient (Wildman–Crippen LogP) is 1.99. The molecule has 1 spiro atoms. The number of allylic oxidation sites excluding steroid dienone is 2. The summed E-state index contributed by atoms with van der Waals surface area (Å²) < 4.78 is 23.1. The average molecular weight is 418 g/mol. The first-order valence-corrected chi connectivity index (χ1v) is 10.8. The number of carbonyl (C=O) groups is 2. The summed E-state index contributed by atoms with van der Waals surface area (Å²) in [6, 6.07) is 0. The standard InChI is InChI=1S/C23H30O7/c1-11-6-5-7-22(3)14(11)9-16-23-10-28-15(19(22)23)8-13(20(25)27-4)17(23)18(21(26)30-16)29-12(2)24/h5-6,8,11,14-19,21,26H,7,9-10H2,1-4H3/t11-,14+,15+,16-,17-,18-,19-,21?,22+,23+/m1/s1. The van der Waals surface area contributed by atoms with Crippen LogP contribution in [-0.4, -0.2) is 55.4 Å². The topological polar surface area (TPSA) is 91.3 Å². The number of rotatable bonds is 2. The Kier molecular flexibility index (Phi) is 4.48. The Bertz CT molecular complexity index is 833. The molecule has 0 radical (unpaired) electrons. The minimum absolute atomic E-state index is 0.0470. The third-order valence-electron chi connectivity index (χ3n) is 8.58. The minimum atomic E-state index is -1.31. The fourth-order valence-electron chi connectivity index (χ4n) is 7.63. The second kappa shape index (κ2) is 6.65. The van der Waals surface area contributed by atoms with Crippen molar-refractivity contribution in [3.8, 4) is 0 Å². The Labute approximate surface area is 176 Å². The molecule has 2 aliphatic heterocycles. The summed E-state index contributed by atoms with van der Waals surface area (Å²) in [6.45, 7) is 6.26. The molecule has 0 aromatic heterocycles. The van der Waals surface area contributed by atoms with Gasteiger partial charge in [0.1, 0.15) is 0 Å². The van der Waals surface area contributed by atoms with E-state index in [0.717, 1.165) is 12.8 Å². The molecular weight excluding hydrogens is 388 g/mol. The van der Waals surface area contributed by atoms with Crippen molar-refractivity contribution >= 4 is 11.9 Å². The van der Waals surface area contributed by atoms with Gasteiger partial charge in [-0.3, -0.25) is 4.79 Å². The van der Waals surface area contributed by atoms with E-state index >= 15 is 0 Å². The quantitative estimate of drug-likeness (QED) is 0.542. The van der Waals surface area contributed by atoms with E-state index in [0.29, 0.717) is 24.0 Å². The highest BCUT2D eigenvalue weighted by Crippen LogP contribution is 2.70. The van der Waals surface area contributed by atoms with Crippen molar-refractivity contribution in [2.24, 2.45) is 34.5 Å². The lowest BCUT2D eigenvalue weighted by atomic mass is 9.40. The van der Waals surface area contributed by atoms with Crippen LogP contribution in [0.1, 0.15) is 33.6 Å². The normalized spacial score (nSPS) is 50.8. The molecule has 30 heavy (non-hydrogen) atoms. The van der Waals surface area contributed by atoms with E-state index in [2.05, 4.69) is 26.0 Å². The second-order valence-corrected chi connectivity index (χ2v) is 9.89. The van der Waals surface area contributed by atoms with Crippen LogP contribution in [0.3, 0.4) is 0 Å². The summed E-state index contributed by atoms with van der Waals surface area (Å²) in [6.07, 6.45) is 5.26. The number of aliphatic hydroxyl groups is 1. The summed E-state index contributed by atoms with van der Waals surface area (Å²) in [4.78, 5) is 24.7. The SMILES string of the molecule is COC(=O)C1=C[C@@H]2OC[C@@]34[C@H]1[C@@H](OC(C)=O)C(O)O[C@@H]3C[C@H]1[C@H](C)C=CC[C@]1(C)[C@@H]24. The van der Waals surface area contributed by atoms with Crippen molar-refractivity contribution in [2.45, 2.75) is 58.2 Å². The fraction of sp³-hybridized carbons (Fsp3) is 0.739. The maximum Gasteiger partial charge on any atom is 0.333 e. The lowest BCUT2D eigenvalue weighted by molar-refractivity contribution is -0.313. The molecule has 7 nitrogen and oxygen atoms in total. The molecule has 2 saturated heterocycles. The Balaban J connectivity index is 1.71. The van der Waals surface area contributed by atoms with E-state index in [1.807, 2.05) is 6.08 Å². The van der Waals surface area contributed by atoms with Crippen molar-refractivity contribution in [1.82, 2.24) is 0 Å². The highest BCUT2D eigenvalue weighted by atomic mass is 16.7. The van der Waals surface area contributed by atoms with Gasteiger partial charge in [-0.15, -0.1) is 0 Å². The number of methoxy groups -OCH3 is 1. The molecule has 2 bridgehead atoms. The Morgan fingerprint density at radius 2 is 2.10 bits per heavy atom. The minimum Gasteiger partial charge on any atom is -0.466 e. The van der Waals surface area contributed by atoms with Gasteiger partial charge >= 0.3 is 11.9 Å². The molecule has 3 fully saturated rings. The number of aliphatic hydroxyl groups excluding tert-OH is 1. The van der Waals surface area contributed by atoms with Gasteiger partial charge in [0.25, 0.3) is 0 Å². The summed E-state index contributed by atoms with van der Waals surface area (Å²) in [5.74, 6) is -0.677. The summed E-state index contributed by atoms with van der Waals surface area (Å²) in [5, 5.41) is 10.9. The van der Waals surface area contributed by atoms with Crippen LogP contribution in [0.4, 0.5) is 0 Å². The summed E-state index contributed by atoms with van der Waals surface area (Å²) in [5.41, 5.74) is -0.177. The molecule has 2 heterocycles. The van der Waals surface area contributed by atoms with Gasteiger partial charge in [0.05, 0.1) is 25.9 Å². The Morgan fingerprint density at radius 3 is 2.80 bits per heavy atom. The van der Waals surface area contributed by atoms with E-state index in [4.69, 9.17) is 18.9 Å². The van der Waals surface area contributed by atoms with Crippen molar-refractivity contribution in [3.63, 3.8) is 0 Å². The largest absolute Gasteiger partial charge is 0.466 e. The molecule has 3 aliphatic carbocycles. The first-order valence-electron chi connectivity index (χ1n) is 10.8. The van der Waals surface area contributed by atoms with Crippen LogP contribution in [0.5, 0.6) is 0 Å². The van der Waals surface area contributed by atoms with Gasteiger partial charge in [-0.1, -0.05) is 26.0 Å². The number of ether oxygens (including phenoxy) is 4. The molecular formula is C23H30O7. The van der Waals surface area contributed by atoms with Crippen LogP contribution in [0.25, 0.3) is 0 Å². The van der Waals surface area contributed by atoms with Crippen molar-refractivity contribution < 1.29 is 33.6 Å². The first kappa shape index (κ1) is 20.2. The number of esters is 2. The van der Waals surface area contributed by atoms with Gasteiger partial charge in [0.2, 0.25) is 0 Å². The molecule has 1 unspecified atom stereocenters. The van der Waals surface area contributed by atoms with Crippen molar-refractivity contribution in [3.05, 3.63) is 23.8 Å². The zero-order chi connectivity index (χ0) is 21.4. The van der Waals surface area contributed by atoms with Crippen LogP contribution < -0.4 is 0 Å². The van der Waals surface area contributed by atoms with Crippen molar-refractivity contribution in [2.75, 3.05) is 13.7 Å². The van der Waals surface area contributed by atoms with Crippen LogP contribution in [0, 0.1) is 34.5 Å². The first-order chi connectivity index (χ1) is 14.2. The van der Waals surface area contributed by atoms with Gasteiger partial charge in [-0.25, -0.2) is 4.79 Å². The smallest absolute Gasteiger partial charge is 0.333 e. The Hall–Kier alpha value is -1.70. The van der Waals surface area contributed by atoms with E-state index in [1.165, 1.54) is 14.0 Å². The molecule has 5 rings (SSSR count). The monoisotopic (exact) mass is 418 g/mol. The lowest BCUT2D eigenvalue weighted by Crippen LogP contribution is -2.70. The molecule has 5 aliphatic rings. The van der Waals surface area contributed by atoms with Crippen LogP contribution in [0.15, 0.2) is 23.8 Å². The molecule has 0 aromatic carbocycles. The highest BCUT2D eigenvalue weighted by Gasteiger charge is 2.75. The summed E-state index contributed by atoms with van der Waals surface area (Å²) in [7, 11) is 1.34. The number of hydrogen-bond acceptors (Lipinski definition) is 7. The lowest BCUT2D eigenvalue weighted by Gasteiger charge is -2.65. The third-order valence-corrected chi connectivity index (χ3v) is 8.58. The molecule has 1 N–H and O–H groups in total. The second-order valence-electron chi connectivity index (χ2n) is 9.89.